The molecule has 0 aliphatic carbocycles. The first kappa shape index (κ1) is 21.4. The number of nitrogens with zero attached hydrogens (tertiary/aromatic N) is 6. The summed E-state index contributed by atoms with van der Waals surface area (Å²) >= 11 is 2.71. The summed E-state index contributed by atoms with van der Waals surface area (Å²) in [6, 6.07) is 1.04. The number of amides is 2. The Kier molecular flexibility index (Phi) is 5.50. The van der Waals surface area contributed by atoms with E-state index in [4.69, 9.17) is 15.6 Å². The van der Waals surface area contributed by atoms with Crippen LogP contribution >= 0.6 is 23.5 Å². The third-order valence-corrected chi connectivity index (χ3v) is 6.94. The minimum atomic E-state index is -1.52. The molecule has 1 saturated heterocycles. The highest BCUT2D eigenvalue weighted by Crippen LogP contribution is 2.41. The molecule has 2 aliphatic rings. The number of thioether (sulfide) groups is 2. The van der Waals surface area contributed by atoms with Crippen molar-refractivity contribution in [1.82, 2.24) is 29.5 Å². The molecule has 0 saturated carbocycles. The molecule has 2 aromatic heterocycles. The molecule has 31 heavy (non-hydrogen) atoms. The number of hydrogen-bond acceptors (Lipinski definition) is 11. The molecule has 2 atom stereocenters. The minimum Gasteiger partial charge on any atom is -0.449 e. The highest BCUT2D eigenvalue weighted by molar-refractivity contribution is 8.01. The molecule has 0 unspecified atom stereocenters. The zero-order chi connectivity index (χ0) is 22.4. The fourth-order valence-electron chi connectivity index (χ4n) is 3.06. The second-order valence-electron chi connectivity index (χ2n) is 6.71. The zero-order valence-electron chi connectivity index (χ0n) is 16.3. The van der Waals surface area contributed by atoms with Gasteiger partial charge in [0.15, 0.2) is 0 Å². The Morgan fingerprint density at radius 2 is 2.19 bits per heavy atom. The number of hydroxylamine groups is 2. The highest BCUT2D eigenvalue weighted by atomic mass is 32.2. The first-order chi connectivity index (χ1) is 14.7. The van der Waals surface area contributed by atoms with E-state index in [0.29, 0.717) is 27.1 Å². The molecule has 2 aromatic rings. The lowest BCUT2D eigenvalue weighted by atomic mass is 10.1. The number of carbonyl (C=O) groups is 3. The molecule has 2 aliphatic heterocycles. The van der Waals surface area contributed by atoms with Gasteiger partial charge in [0.25, 0.3) is 5.78 Å². The van der Waals surface area contributed by atoms with Crippen molar-refractivity contribution in [3.8, 4) is 0 Å². The topological polar surface area (TPSA) is 176 Å². The van der Waals surface area contributed by atoms with Gasteiger partial charge in [0.2, 0.25) is 17.6 Å². The normalized spacial score (nSPS) is 20.5. The summed E-state index contributed by atoms with van der Waals surface area (Å²) in [7, 11) is 1.16. The largest absolute Gasteiger partial charge is 0.512 e. The Hall–Kier alpha value is -2.88. The number of rotatable bonds is 5. The Balaban J connectivity index is 1.64. The van der Waals surface area contributed by atoms with Crippen molar-refractivity contribution in [3.05, 3.63) is 29.0 Å². The van der Waals surface area contributed by atoms with Crippen molar-refractivity contribution in [2.24, 2.45) is 5.73 Å². The number of ether oxygens (including phenoxy) is 1. The molecule has 0 aromatic carbocycles. The molecule has 15 heteroatoms. The van der Waals surface area contributed by atoms with Crippen molar-refractivity contribution in [2.75, 3.05) is 18.6 Å². The Labute approximate surface area is 183 Å². The van der Waals surface area contributed by atoms with Crippen LogP contribution in [0.15, 0.2) is 22.5 Å². The molecule has 0 spiro atoms. The van der Waals surface area contributed by atoms with Gasteiger partial charge >= 0.3 is 12.1 Å². The Bertz CT molecular complexity index is 1130. The lowest BCUT2D eigenvalue weighted by molar-refractivity contribution is -0.144. The quantitative estimate of drug-likeness (QED) is 0.135. The second-order valence-corrected chi connectivity index (χ2v) is 8.81. The van der Waals surface area contributed by atoms with Crippen LogP contribution in [-0.4, -0.2) is 87.8 Å². The van der Waals surface area contributed by atoms with Gasteiger partial charge in [-0.05, 0) is 13.0 Å². The van der Waals surface area contributed by atoms with Crippen molar-refractivity contribution in [2.45, 2.75) is 23.4 Å². The maximum Gasteiger partial charge on any atom is 0.512 e. The van der Waals surface area contributed by atoms with Crippen LogP contribution in [0.2, 0.25) is 0 Å². The summed E-state index contributed by atoms with van der Waals surface area (Å²) in [5.74, 6) is -0.550. The van der Waals surface area contributed by atoms with Gasteiger partial charge in [0, 0.05) is 29.8 Å². The minimum absolute atomic E-state index is 0.0196. The monoisotopic (exact) mass is 467 g/mol. The highest BCUT2D eigenvalue weighted by Gasteiger charge is 2.51. The number of fused-ring (bicyclic) bond motifs is 2. The molecule has 0 radical (unpaired) electrons. The maximum absolute atomic E-state index is 12.1. The summed E-state index contributed by atoms with van der Waals surface area (Å²) in [6.45, 7) is 1.75. The molecular formula is C16H17N7O6S2. The molecule has 4 rings (SSSR count). The van der Waals surface area contributed by atoms with Crippen LogP contribution in [0, 0.1) is 6.92 Å². The average Bonchev–Trinajstić information content (AvgIpc) is 3.14. The smallest absolute Gasteiger partial charge is 0.449 e. The average molecular weight is 467 g/mol. The number of carboxylic acid groups (broad SMARTS) is 1. The predicted octanol–water partition coefficient (Wildman–Crippen LogP) is 0.135. The van der Waals surface area contributed by atoms with E-state index >= 15 is 0 Å². The number of aryl methyl sites for hydroxylation is 1. The van der Waals surface area contributed by atoms with Crippen molar-refractivity contribution >= 4 is 47.3 Å². The summed E-state index contributed by atoms with van der Waals surface area (Å²) in [5.41, 5.74) is 7.01. The number of aromatic nitrogens is 4. The molecule has 13 nitrogen and oxygen atoms in total. The van der Waals surface area contributed by atoms with Gasteiger partial charge in [-0.2, -0.15) is 9.50 Å². The van der Waals surface area contributed by atoms with E-state index in [1.807, 2.05) is 0 Å². The molecule has 0 bridgehead atoms. The first-order valence-electron chi connectivity index (χ1n) is 8.84. The molecular weight excluding hydrogens is 450 g/mol. The predicted molar refractivity (Wildman–Crippen MR) is 107 cm³/mol. The van der Waals surface area contributed by atoms with Gasteiger partial charge in [0.05, 0.1) is 0 Å². The van der Waals surface area contributed by atoms with E-state index in [0.717, 1.165) is 7.05 Å². The van der Waals surface area contributed by atoms with E-state index in [1.165, 1.54) is 32.9 Å². The van der Waals surface area contributed by atoms with Gasteiger partial charge in [-0.15, -0.1) is 28.6 Å². The summed E-state index contributed by atoms with van der Waals surface area (Å²) < 4.78 is 6.27. The van der Waals surface area contributed by atoms with Gasteiger partial charge in [-0.1, -0.05) is 0 Å². The van der Waals surface area contributed by atoms with Crippen LogP contribution in [0.4, 0.5) is 4.79 Å². The van der Waals surface area contributed by atoms with E-state index in [9.17, 15) is 19.6 Å². The van der Waals surface area contributed by atoms with Crippen molar-refractivity contribution in [3.63, 3.8) is 0 Å². The van der Waals surface area contributed by atoms with Gasteiger partial charge in [-0.3, -0.25) is 19.7 Å². The van der Waals surface area contributed by atoms with E-state index in [1.54, 1.807) is 13.0 Å². The third kappa shape index (κ3) is 3.80. The molecule has 1 fully saturated rings. The van der Waals surface area contributed by atoms with Gasteiger partial charge in [0.1, 0.15) is 16.4 Å². The molecule has 4 heterocycles. The van der Waals surface area contributed by atoms with E-state index in [-0.39, 0.29) is 28.6 Å². The van der Waals surface area contributed by atoms with Crippen LogP contribution in [0.1, 0.15) is 16.3 Å². The summed E-state index contributed by atoms with van der Waals surface area (Å²) in [6.07, 6.45) is -1.52. The molecule has 164 valence electrons. The Morgan fingerprint density at radius 1 is 1.45 bits per heavy atom. The van der Waals surface area contributed by atoms with Gasteiger partial charge < -0.3 is 15.6 Å². The number of hydrogen-bond donors (Lipinski definition) is 3. The fraction of sp³-hybridized carbons (Fsp3) is 0.375. The maximum atomic E-state index is 12.1. The van der Waals surface area contributed by atoms with Crippen LogP contribution in [0.5, 0.6) is 0 Å². The van der Waals surface area contributed by atoms with Crippen LogP contribution in [0.25, 0.3) is 5.78 Å². The number of nitrogens with two attached hydrogens (primary N) is 1. The second kappa shape index (κ2) is 7.99. The van der Waals surface area contributed by atoms with Crippen LogP contribution in [-0.2, 0) is 9.53 Å². The Morgan fingerprint density at radius 3 is 2.87 bits per heavy atom. The van der Waals surface area contributed by atoms with E-state index in [2.05, 4.69) is 15.1 Å². The SMILES string of the molecule is Cc1cc(SCC2=C(OC(=O)O)N3C(=O)[C@@H](N)[C@H]3SC2)n2nc(C(=O)N(C)O)nc2n1. The third-order valence-electron chi connectivity index (χ3n) is 4.50. The van der Waals surface area contributed by atoms with Crippen LogP contribution in [0.3, 0.4) is 0 Å². The number of carbonyl (C=O) groups excluding carboxylic acids is 2. The van der Waals surface area contributed by atoms with Crippen molar-refractivity contribution < 1.29 is 29.4 Å². The number of β-lactam (4-membered cyclic amide) rings is 1. The summed E-state index contributed by atoms with van der Waals surface area (Å²) in [4.78, 5) is 44.8. The van der Waals surface area contributed by atoms with Crippen molar-refractivity contribution in [1.29, 1.82) is 0 Å². The van der Waals surface area contributed by atoms with Crippen LogP contribution < -0.4 is 5.73 Å². The fourth-order valence-corrected chi connectivity index (χ4v) is 5.50. The molecule has 4 N–H and O–H groups in total. The van der Waals surface area contributed by atoms with Gasteiger partial charge in [-0.25, -0.2) is 14.8 Å². The standard InChI is InChI=1S/C16H17N7O6S2/c1-6-3-8(23-15(18-6)19-10(20-23)12(25)21(2)28)30-4-7-5-31-14-9(17)11(24)22(14)13(7)29-16(26)27/h3,9,14,28H,4-5,17H2,1-2H3,(H,26,27)/t9-,14-/m1/s1. The lowest BCUT2D eigenvalue weighted by Crippen LogP contribution is -2.68. The van der Waals surface area contributed by atoms with E-state index < -0.39 is 24.0 Å². The lowest BCUT2D eigenvalue weighted by Gasteiger charge is -2.47. The summed E-state index contributed by atoms with van der Waals surface area (Å²) in [5, 5.41) is 23.2. The zero-order valence-corrected chi connectivity index (χ0v) is 17.9. The first-order valence-corrected chi connectivity index (χ1v) is 10.9. The molecule has 2 amide bonds.